The number of aliphatic imine (C=N–C) groups is 1. The van der Waals surface area contributed by atoms with Crippen LogP contribution >= 0.6 is 15.9 Å². The molecule has 0 saturated carbocycles. The minimum atomic E-state index is 0.325. The predicted molar refractivity (Wildman–Crippen MR) is 118 cm³/mol. The Morgan fingerprint density at radius 3 is 2.57 bits per heavy atom. The van der Waals surface area contributed by atoms with E-state index >= 15 is 0 Å². The molecule has 0 amide bonds. The van der Waals surface area contributed by atoms with E-state index in [0.717, 1.165) is 53.7 Å². The van der Waals surface area contributed by atoms with E-state index in [2.05, 4.69) is 48.6 Å². The second-order valence-electron chi connectivity index (χ2n) is 6.70. The maximum Gasteiger partial charge on any atom is 0.191 e. The molecule has 1 aliphatic rings. The van der Waals surface area contributed by atoms with Crippen molar-refractivity contribution < 1.29 is 9.47 Å². The third-order valence-electron chi connectivity index (χ3n) is 4.80. The zero-order valence-corrected chi connectivity index (χ0v) is 18.1. The molecule has 0 radical (unpaired) electrons. The highest BCUT2D eigenvalue weighted by Gasteiger charge is 2.24. The highest BCUT2D eigenvalue weighted by molar-refractivity contribution is 9.10. The van der Waals surface area contributed by atoms with Crippen LogP contribution < -0.4 is 25.0 Å². The Kier molecular flexibility index (Phi) is 7.03. The number of methoxy groups -OCH3 is 2. The maximum absolute atomic E-state index is 5.39. The summed E-state index contributed by atoms with van der Waals surface area (Å²) in [5, 5.41) is 6.92. The molecule has 0 bridgehead atoms. The molecular formula is C21H27BrN4O2. The van der Waals surface area contributed by atoms with Crippen LogP contribution in [0.25, 0.3) is 0 Å². The first kappa shape index (κ1) is 20.3. The van der Waals surface area contributed by atoms with Gasteiger partial charge in [-0.3, -0.25) is 4.99 Å². The van der Waals surface area contributed by atoms with Gasteiger partial charge >= 0.3 is 0 Å². The SMILES string of the molecule is CN=C(NCc1cccc(Br)c1)NC1CCN(c2cc(OC)cc(OC)c2)C1. The fourth-order valence-electron chi connectivity index (χ4n) is 3.31. The molecule has 1 heterocycles. The molecular weight excluding hydrogens is 420 g/mol. The summed E-state index contributed by atoms with van der Waals surface area (Å²) in [4.78, 5) is 6.70. The number of nitrogens with zero attached hydrogens (tertiary/aromatic N) is 2. The molecule has 0 spiro atoms. The van der Waals surface area contributed by atoms with Gasteiger partial charge in [0.2, 0.25) is 0 Å². The van der Waals surface area contributed by atoms with Crippen LogP contribution in [0.5, 0.6) is 11.5 Å². The molecule has 2 aromatic carbocycles. The smallest absolute Gasteiger partial charge is 0.191 e. The number of ether oxygens (including phenoxy) is 2. The van der Waals surface area contributed by atoms with Crippen LogP contribution in [0.1, 0.15) is 12.0 Å². The number of benzene rings is 2. The largest absolute Gasteiger partial charge is 0.497 e. The maximum atomic E-state index is 5.39. The number of guanidine groups is 1. The minimum Gasteiger partial charge on any atom is -0.497 e. The summed E-state index contributed by atoms with van der Waals surface area (Å²) in [6.45, 7) is 2.59. The Hall–Kier alpha value is -2.41. The first-order valence-electron chi connectivity index (χ1n) is 9.31. The van der Waals surface area contributed by atoms with Crippen molar-refractivity contribution in [3.05, 3.63) is 52.5 Å². The van der Waals surface area contributed by atoms with E-state index in [4.69, 9.17) is 9.47 Å². The van der Waals surface area contributed by atoms with Crippen LogP contribution in [-0.2, 0) is 6.54 Å². The Labute approximate surface area is 175 Å². The number of halogens is 1. The van der Waals surface area contributed by atoms with Crippen molar-refractivity contribution >= 4 is 27.6 Å². The molecule has 2 aromatic rings. The van der Waals surface area contributed by atoms with E-state index in [1.54, 1.807) is 21.3 Å². The van der Waals surface area contributed by atoms with Gasteiger partial charge in [0.15, 0.2) is 5.96 Å². The lowest BCUT2D eigenvalue weighted by Crippen LogP contribution is -2.44. The molecule has 3 rings (SSSR count). The van der Waals surface area contributed by atoms with Crippen LogP contribution in [0.15, 0.2) is 51.9 Å². The Morgan fingerprint density at radius 2 is 1.93 bits per heavy atom. The molecule has 7 heteroatoms. The molecule has 1 atom stereocenters. The molecule has 1 unspecified atom stereocenters. The molecule has 150 valence electrons. The van der Waals surface area contributed by atoms with Gasteiger partial charge in [-0.15, -0.1) is 0 Å². The highest BCUT2D eigenvalue weighted by Crippen LogP contribution is 2.30. The van der Waals surface area contributed by atoms with Gasteiger partial charge in [-0.1, -0.05) is 28.1 Å². The van der Waals surface area contributed by atoms with Gasteiger partial charge in [-0.05, 0) is 24.1 Å². The van der Waals surface area contributed by atoms with Gasteiger partial charge in [-0.25, -0.2) is 0 Å². The summed E-state index contributed by atoms with van der Waals surface area (Å²) in [5.74, 6) is 2.42. The standard InChI is InChI=1S/C21H27BrN4O2/c1-23-21(24-13-15-5-4-6-16(22)9-15)25-17-7-8-26(14-17)18-10-19(27-2)12-20(11-18)28-3/h4-6,9-12,17H,7-8,13-14H2,1-3H3,(H2,23,24,25). The van der Waals surface area contributed by atoms with Gasteiger partial charge in [0.25, 0.3) is 0 Å². The van der Waals surface area contributed by atoms with Gasteiger partial charge in [0.1, 0.15) is 11.5 Å². The third-order valence-corrected chi connectivity index (χ3v) is 5.30. The Bertz CT molecular complexity index is 806. The molecule has 28 heavy (non-hydrogen) atoms. The molecule has 1 saturated heterocycles. The zero-order valence-electron chi connectivity index (χ0n) is 16.5. The molecule has 0 aliphatic carbocycles. The van der Waals surface area contributed by atoms with Crippen LogP contribution in [0.4, 0.5) is 5.69 Å². The van der Waals surface area contributed by atoms with Gasteiger partial charge < -0.3 is 25.0 Å². The van der Waals surface area contributed by atoms with Crippen molar-refractivity contribution in [3.63, 3.8) is 0 Å². The minimum absolute atomic E-state index is 0.325. The lowest BCUT2D eigenvalue weighted by molar-refractivity contribution is 0.394. The molecule has 1 fully saturated rings. The van der Waals surface area contributed by atoms with Crippen molar-refractivity contribution in [1.29, 1.82) is 0 Å². The lowest BCUT2D eigenvalue weighted by Gasteiger charge is -2.21. The lowest BCUT2D eigenvalue weighted by atomic mass is 10.2. The normalized spacial score (nSPS) is 16.8. The Morgan fingerprint density at radius 1 is 1.18 bits per heavy atom. The molecule has 2 N–H and O–H groups in total. The summed E-state index contributed by atoms with van der Waals surface area (Å²) in [6.07, 6.45) is 1.04. The Balaban J connectivity index is 1.57. The predicted octanol–water partition coefficient (Wildman–Crippen LogP) is 3.41. The summed E-state index contributed by atoms with van der Waals surface area (Å²) < 4.78 is 11.9. The van der Waals surface area contributed by atoms with Crippen LogP contribution in [-0.4, -0.2) is 46.4 Å². The second kappa shape index (κ2) is 9.68. The van der Waals surface area contributed by atoms with E-state index < -0.39 is 0 Å². The van der Waals surface area contributed by atoms with E-state index in [1.807, 2.05) is 30.3 Å². The monoisotopic (exact) mass is 446 g/mol. The first-order chi connectivity index (χ1) is 13.6. The average Bonchev–Trinajstić information content (AvgIpc) is 3.19. The van der Waals surface area contributed by atoms with Crippen LogP contribution in [0.3, 0.4) is 0 Å². The average molecular weight is 447 g/mol. The van der Waals surface area contributed by atoms with E-state index in [-0.39, 0.29) is 0 Å². The van der Waals surface area contributed by atoms with Crippen LogP contribution in [0, 0.1) is 0 Å². The number of nitrogens with one attached hydrogen (secondary N) is 2. The number of rotatable bonds is 6. The summed E-state index contributed by atoms with van der Waals surface area (Å²) >= 11 is 3.51. The zero-order chi connectivity index (χ0) is 19.9. The fourth-order valence-corrected chi connectivity index (χ4v) is 3.75. The fraction of sp³-hybridized carbons (Fsp3) is 0.381. The van der Waals surface area contributed by atoms with Crippen LogP contribution in [0.2, 0.25) is 0 Å². The highest BCUT2D eigenvalue weighted by atomic mass is 79.9. The summed E-state index contributed by atoms with van der Waals surface area (Å²) in [5.41, 5.74) is 2.31. The van der Waals surface area contributed by atoms with Gasteiger partial charge in [-0.2, -0.15) is 0 Å². The van der Waals surface area contributed by atoms with Crippen molar-refractivity contribution in [2.45, 2.75) is 19.0 Å². The second-order valence-corrected chi connectivity index (χ2v) is 7.62. The summed E-state index contributed by atoms with van der Waals surface area (Å²) in [7, 11) is 5.15. The van der Waals surface area contributed by atoms with E-state index in [9.17, 15) is 0 Å². The van der Waals surface area contributed by atoms with Crippen molar-refractivity contribution in [1.82, 2.24) is 10.6 Å². The van der Waals surface area contributed by atoms with Gasteiger partial charge in [0, 0.05) is 61.1 Å². The molecule has 0 aromatic heterocycles. The molecule has 1 aliphatic heterocycles. The number of hydrogen-bond donors (Lipinski definition) is 2. The van der Waals surface area contributed by atoms with Crippen molar-refractivity contribution in [3.8, 4) is 11.5 Å². The topological polar surface area (TPSA) is 58.1 Å². The number of hydrogen-bond acceptors (Lipinski definition) is 4. The van der Waals surface area contributed by atoms with E-state index in [1.165, 1.54) is 5.56 Å². The number of anilines is 1. The van der Waals surface area contributed by atoms with Gasteiger partial charge in [0.05, 0.1) is 14.2 Å². The van der Waals surface area contributed by atoms with E-state index in [0.29, 0.717) is 6.04 Å². The quantitative estimate of drug-likeness (QED) is 0.525. The molecule has 6 nitrogen and oxygen atoms in total. The third kappa shape index (κ3) is 5.32. The first-order valence-corrected chi connectivity index (χ1v) is 10.1. The van der Waals surface area contributed by atoms with Crippen molar-refractivity contribution in [2.75, 3.05) is 39.3 Å². The van der Waals surface area contributed by atoms with Crippen molar-refractivity contribution in [2.24, 2.45) is 4.99 Å². The summed E-state index contributed by atoms with van der Waals surface area (Å²) in [6, 6.07) is 14.6.